The number of amides is 3. The maximum atomic E-state index is 13.4. The highest BCUT2D eigenvalue weighted by Gasteiger charge is 2.61. The summed E-state index contributed by atoms with van der Waals surface area (Å²) in [5, 5.41) is 14.0. The smallest absolute Gasteiger partial charge is 0.274 e. The van der Waals surface area contributed by atoms with Crippen molar-refractivity contribution in [2.75, 3.05) is 5.32 Å². The van der Waals surface area contributed by atoms with Crippen LogP contribution in [0.4, 0.5) is 11.4 Å². The molecule has 0 radical (unpaired) electrons. The molecule has 5 atom stereocenters. The number of likely N-dealkylation sites (tertiary alicyclic amines) is 1. The van der Waals surface area contributed by atoms with Crippen molar-refractivity contribution in [1.29, 1.82) is 0 Å². The van der Waals surface area contributed by atoms with Gasteiger partial charge in [0, 0.05) is 23.7 Å². The molecule has 2 aliphatic carbocycles. The lowest BCUT2D eigenvalue weighted by Gasteiger charge is -2.27. The van der Waals surface area contributed by atoms with Crippen LogP contribution in [0, 0.1) is 40.7 Å². The van der Waals surface area contributed by atoms with Crippen molar-refractivity contribution in [3.8, 4) is 0 Å². The van der Waals surface area contributed by atoms with Crippen LogP contribution in [0.2, 0.25) is 0 Å². The molecule has 8 heteroatoms. The number of hydrogen-bond acceptors (Lipinski definition) is 5. The number of hydrogen-bond donors (Lipinski definition) is 1. The van der Waals surface area contributed by atoms with Gasteiger partial charge in [0.25, 0.3) is 5.69 Å². The number of nitrogens with one attached hydrogen (secondary N) is 1. The van der Waals surface area contributed by atoms with Crippen LogP contribution in [0.5, 0.6) is 0 Å². The average Bonchev–Trinajstić information content (AvgIpc) is 3.48. The number of carbonyl (C=O) groups excluding carboxylic acids is 3. The Labute approximate surface area is 190 Å². The lowest BCUT2D eigenvalue weighted by Crippen LogP contribution is -2.49. The first kappa shape index (κ1) is 21.1. The number of nitro groups is 1. The van der Waals surface area contributed by atoms with Crippen molar-refractivity contribution >= 4 is 29.1 Å². The Hall–Kier alpha value is -3.81. The zero-order chi connectivity index (χ0) is 23.3. The summed E-state index contributed by atoms with van der Waals surface area (Å²) in [5.74, 6) is -1.86. The molecule has 1 N–H and O–H groups in total. The minimum Gasteiger partial charge on any atom is -0.324 e. The first-order valence-corrected chi connectivity index (χ1v) is 11.0. The van der Waals surface area contributed by atoms with E-state index in [1.807, 2.05) is 42.5 Å². The van der Waals surface area contributed by atoms with Crippen molar-refractivity contribution < 1.29 is 19.3 Å². The third-order valence-electron chi connectivity index (χ3n) is 7.06. The topological polar surface area (TPSA) is 110 Å². The van der Waals surface area contributed by atoms with Crippen molar-refractivity contribution in [1.82, 2.24) is 4.90 Å². The SMILES string of the molecule is Cc1ccc(NC(=O)C(Cc2ccccc2)N2C(=O)C3C4C=CC(C4)C3C2=O)cc1[N+](=O)[O-]. The zero-order valence-electron chi connectivity index (χ0n) is 18.0. The minimum atomic E-state index is -1.04. The number of allylic oxidation sites excluding steroid dienone is 2. The number of anilines is 1. The van der Waals surface area contributed by atoms with Gasteiger partial charge in [0.05, 0.1) is 16.8 Å². The molecule has 0 spiro atoms. The van der Waals surface area contributed by atoms with Gasteiger partial charge in [-0.2, -0.15) is 0 Å². The molecule has 0 aromatic heterocycles. The van der Waals surface area contributed by atoms with E-state index in [-0.39, 0.29) is 41.4 Å². The van der Waals surface area contributed by atoms with E-state index in [1.165, 1.54) is 6.07 Å². The van der Waals surface area contributed by atoms with E-state index in [4.69, 9.17) is 0 Å². The molecule has 8 nitrogen and oxygen atoms in total. The summed E-state index contributed by atoms with van der Waals surface area (Å²) in [4.78, 5) is 52.1. The Morgan fingerprint density at radius 3 is 2.33 bits per heavy atom. The van der Waals surface area contributed by atoms with Crippen molar-refractivity contribution in [3.05, 3.63) is 81.9 Å². The van der Waals surface area contributed by atoms with E-state index in [2.05, 4.69) is 5.32 Å². The van der Waals surface area contributed by atoms with Crippen LogP contribution in [-0.2, 0) is 20.8 Å². The fraction of sp³-hybridized carbons (Fsp3) is 0.320. The van der Waals surface area contributed by atoms with E-state index in [9.17, 15) is 24.5 Å². The molecule has 1 aliphatic heterocycles. The fourth-order valence-corrected chi connectivity index (χ4v) is 5.48. The summed E-state index contributed by atoms with van der Waals surface area (Å²) in [6.07, 6.45) is 5.00. The Kier molecular flexibility index (Phi) is 5.08. The number of imide groups is 1. The molecule has 1 saturated carbocycles. The summed E-state index contributed by atoms with van der Waals surface area (Å²) in [6, 6.07) is 12.6. The van der Waals surface area contributed by atoms with E-state index in [0.29, 0.717) is 5.56 Å². The number of fused-ring (bicyclic) bond motifs is 5. The summed E-state index contributed by atoms with van der Waals surface area (Å²) >= 11 is 0. The second-order valence-corrected chi connectivity index (χ2v) is 9.00. The molecule has 2 aromatic carbocycles. The second-order valence-electron chi connectivity index (χ2n) is 9.00. The van der Waals surface area contributed by atoms with Gasteiger partial charge in [0.2, 0.25) is 17.7 Å². The monoisotopic (exact) mass is 445 g/mol. The number of nitrogens with zero attached hydrogens (tertiary/aromatic N) is 2. The standard InChI is InChI=1S/C25H23N3O5/c1-14-7-10-18(13-19(14)28(32)33)26-23(29)20(11-15-5-3-2-4-6-15)27-24(30)21-16-8-9-17(12-16)22(21)25(27)31/h2-10,13,16-17,20-22H,11-12H2,1H3,(H,26,29). The number of nitro benzene ring substituents is 1. The van der Waals surface area contributed by atoms with Crippen LogP contribution < -0.4 is 5.32 Å². The highest BCUT2D eigenvalue weighted by atomic mass is 16.6. The normalized spacial score (nSPS) is 25.9. The molecule has 2 aromatic rings. The number of benzene rings is 2. The van der Waals surface area contributed by atoms with Crippen molar-refractivity contribution in [2.45, 2.75) is 25.8 Å². The van der Waals surface area contributed by atoms with Gasteiger partial charge in [0.15, 0.2) is 0 Å². The molecule has 5 rings (SSSR count). The maximum absolute atomic E-state index is 13.4. The number of rotatable bonds is 6. The maximum Gasteiger partial charge on any atom is 0.274 e. The summed E-state index contributed by atoms with van der Waals surface area (Å²) < 4.78 is 0. The molecule has 168 valence electrons. The third-order valence-corrected chi connectivity index (χ3v) is 7.06. The zero-order valence-corrected chi connectivity index (χ0v) is 18.0. The molecule has 1 saturated heterocycles. The van der Waals surface area contributed by atoms with Gasteiger partial charge in [-0.3, -0.25) is 29.4 Å². The molecule has 3 aliphatic rings. The van der Waals surface area contributed by atoms with E-state index < -0.39 is 28.7 Å². The fourth-order valence-electron chi connectivity index (χ4n) is 5.48. The Balaban J connectivity index is 1.46. The highest BCUT2D eigenvalue weighted by molar-refractivity contribution is 6.11. The van der Waals surface area contributed by atoms with Gasteiger partial charge >= 0.3 is 0 Å². The van der Waals surface area contributed by atoms with Gasteiger partial charge in [-0.25, -0.2) is 0 Å². The van der Waals surface area contributed by atoms with Crippen LogP contribution in [0.15, 0.2) is 60.7 Å². The highest BCUT2D eigenvalue weighted by Crippen LogP contribution is 2.53. The van der Waals surface area contributed by atoms with E-state index in [0.717, 1.165) is 16.9 Å². The predicted molar refractivity (Wildman–Crippen MR) is 120 cm³/mol. The lowest BCUT2D eigenvalue weighted by molar-refractivity contribution is -0.385. The number of carbonyl (C=O) groups is 3. The molecule has 5 unspecified atom stereocenters. The summed E-state index contributed by atoms with van der Waals surface area (Å²) in [6.45, 7) is 1.62. The van der Waals surface area contributed by atoms with Crippen molar-refractivity contribution in [3.63, 3.8) is 0 Å². The lowest BCUT2D eigenvalue weighted by atomic mass is 9.85. The predicted octanol–water partition coefficient (Wildman–Crippen LogP) is 3.26. The van der Waals surface area contributed by atoms with Gasteiger partial charge in [0.1, 0.15) is 6.04 Å². The second kappa shape index (κ2) is 7.95. The quantitative estimate of drug-likeness (QED) is 0.318. The first-order chi connectivity index (χ1) is 15.8. The van der Waals surface area contributed by atoms with Gasteiger partial charge in [-0.15, -0.1) is 0 Å². The van der Waals surface area contributed by atoms with Crippen LogP contribution >= 0.6 is 0 Å². The molecular formula is C25H23N3O5. The summed E-state index contributed by atoms with van der Waals surface area (Å²) in [7, 11) is 0. The van der Waals surface area contributed by atoms with E-state index >= 15 is 0 Å². The van der Waals surface area contributed by atoms with Gasteiger partial charge < -0.3 is 5.32 Å². The molecule has 33 heavy (non-hydrogen) atoms. The van der Waals surface area contributed by atoms with Crippen molar-refractivity contribution in [2.24, 2.45) is 23.7 Å². The Bertz CT molecular complexity index is 1160. The van der Waals surface area contributed by atoms with Crippen LogP contribution in [-0.4, -0.2) is 33.6 Å². The van der Waals surface area contributed by atoms with Gasteiger partial charge in [-0.1, -0.05) is 48.6 Å². The van der Waals surface area contributed by atoms with E-state index in [1.54, 1.807) is 19.1 Å². The molecule has 3 amide bonds. The third kappa shape index (κ3) is 3.51. The van der Waals surface area contributed by atoms with Crippen LogP contribution in [0.1, 0.15) is 17.5 Å². The van der Waals surface area contributed by atoms with Crippen LogP contribution in [0.25, 0.3) is 0 Å². The molecule has 2 fully saturated rings. The average molecular weight is 445 g/mol. The largest absolute Gasteiger partial charge is 0.324 e. The summed E-state index contributed by atoms with van der Waals surface area (Å²) in [5.41, 5.74) is 1.42. The first-order valence-electron chi connectivity index (χ1n) is 11.0. The number of aryl methyl sites for hydroxylation is 1. The molecule has 1 heterocycles. The minimum absolute atomic E-state index is 0.0432. The Morgan fingerprint density at radius 2 is 1.73 bits per heavy atom. The van der Waals surface area contributed by atoms with Gasteiger partial charge in [-0.05, 0) is 36.8 Å². The molecule has 2 bridgehead atoms. The van der Waals surface area contributed by atoms with Crippen LogP contribution in [0.3, 0.4) is 0 Å². The Morgan fingerprint density at radius 1 is 1.09 bits per heavy atom. The molecular weight excluding hydrogens is 422 g/mol.